The highest BCUT2D eigenvalue weighted by Gasteiger charge is 2.30. The van der Waals surface area contributed by atoms with Crippen molar-refractivity contribution in [2.24, 2.45) is 0 Å². The van der Waals surface area contributed by atoms with Gasteiger partial charge in [-0.2, -0.15) is 0 Å². The molecule has 0 radical (unpaired) electrons. The minimum atomic E-state index is -0.147. The van der Waals surface area contributed by atoms with Crippen molar-refractivity contribution in [1.29, 1.82) is 0 Å². The fourth-order valence-corrected chi connectivity index (χ4v) is 3.54. The maximum Gasteiger partial charge on any atom is 0.119 e. The Balaban J connectivity index is 2.64. The first kappa shape index (κ1) is 19.3. The van der Waals surface area contributed by atoms with Crippen LogP contribution >= 0.6 is 0 Å². The van der Waals surface area contributed by atoms with Gasteiger partial charge in [-0.3, -0.25) is 0 Å². The van der Waals surface area contributed by atoms with Crippen LogP contribution in [0.5, 0.6) is 5.75 Å². The van der Waals surface area contributed by atoms with Gasteiger partial charge in [0.2, 0.25) is 0 Å². The van der Waals surface area contributed by atoms with Crippen LogP contribution in [0.25, 0.3) is 0 Å². The molecule has 0 aliphatic heterocycles. The number of hydrogen-bond acceptors (Lipinski definition) is 3. The number of hydrogen-bond donors (Lipinski definition) is 3. The lowest BCUT2D eigenvalue weighted by Gasteiger charge is -2.33. The molecule has 0 fully saturated rings. The summed E-state index contributed by atoms with van der Waals surface area (Å²) in [7, 11) is 0. The third-order valence-corrected chi connectivity index (χ3v) is 4.44. The Morgan fingerprint density at radius 1 is 0.800 bits per heavy atom. The lowest BCUT2D eigenvalue weighted by Crippen LogP contribution is -2.24. The minimum Gasteiger partial charge on any atom is -0.508 e. The standard InChI is InChI=1S/C22H31NO2/c1-21(2,3)19-16(11-12-18(25)20(19)22(4,5)6)13-15-9-7-8-10-17(15)23-14-24/h7-12,23-25H,13-14H2,1-6H3. The Morgan fingerprint density at radius 3 is 1.96 bits per heavy atom. The van der Waals surface area contributed by atoms with Crippen molar-refractivity contribution in [3.63, 3.8) is 0 Å². The number of para-hydroxylation sites is 1. The molecule has 3 nitrogen and oxygen atoms in total. The van der Waals surface area contributed by atoms with Gasteiger partial charge in [-0.25, -0.2) is 0 Å². The van der Waals surface area contributed by atoms with Crippen LogP contribution in [0.3, 0.4) is 0 Å². The number of aliphatic hydroxyl groups excluding tert-OH is 1. The van der Waals surface area contributed by atoms with Crippen molar-refractivity contribution >= 4 is 5.69 Å². The molecular weight excluding hydrogens is 310 g/mol. The van der Waals surface area contributed by atoms with Crippen molar-refractivity contribution in [2.75, 3.05) is 12.0 Å². The highest BCUT2D eigenvalue weighted by atomic mass is 16.3. The topological polar surface area (TPSA) is 52.5 Å². The lowest BCUT2D eigenvalue weighted by atomic mass is 9.72. The number of rotatable bonds is 4. The predicted octanol–water partition coefficient (Wildman–Crippen LogP) is 4.94. The van der Waals surface area contributed by atoms with Gasteiger partial charge in [-0.1, -0.05) is 65.8 Å². The van der Waals surface area contributed by atoms with E-state index >= 15 is 0 Å². The number of phenols is 1. The Bertz CT molecular complexity index is 737. The van der Waals surface area contributed by atoms with Gasteiger partial charge < -0.3 is 15.5 Å². The summed E-state index contributed by atoms with van der Waals surface area (Å²) in [6, 6.07) is 11.9. The van der Waals surface area contributed by atoms with Gasteiger partial charge in [-0.15, -0.1) is 0 Å². The van der Waals surface area contributed by atoms with Crippen molar-refractivity contribution in [1.82, 2.24) is 0 Å². The number of aromatic hydroxyl groups is 1. The van der Waals surface area contributed by atoms with Crippen molar-refractivity contribution < 1.29 is 10.2 Å². The Hall–Kier alpha value is -2.00. The van der Waals surface area contributed by atoms with Crippen LogP contribution in [0.1, 0.15) is 63.8 Å². The second kappa shape index (κ2) is 7.09. The van der Waals surface area contributed by atoms with Gasteiger partial charge in [-0.05, 0) is 46.1 Å². The summed E-state index contributed by atoms with van der Waals surface area (Å²) in [5, 5.41) is 22.8. The number of benzene rings is 2. The number of nitrogens with one attached hydrogen (secondary N) is 1. The van der Waals surface area contributed by atoms with E-state index in [2.05, 4.69) is 52.9 Å². The Morgan fingerprint density at radius 2 is 1.40 bits per heavy atom. The summed E-state index contributed by atoms with van der Waals surface area (Å²) in [6.45, 7) is 12.9. The number of phenolic OH excluding ortho intramolecular Hbond substituents is 1. The smallest absolute Gasteiger partial charge is 0.119 e. The molecule has 0 aliphatic carbocycles. The normalized spacial score (nSPS) is 12.3. The van der Waals surface area contributed by atoms with Crippen LogP contribution in [-0.2, 0) is 17.3 Å². The SMILES string of the molecule is CC(C)(C)c1c(O)ccc(Cc2ccccc2NCO)c1C(C)(C)C. The van der Waals surface area contributed by atoms with Crippen LogP contribution in [0, 0.1) is 0 Å². The van der Waals surface area contributed by atoms with Crippen LogP contribution in [0.2, 0.25) is 0 Å². The van der Waals surface area contributed by atoms with E-state index in [1.165, 1.54) is 11.1 Å². The minimum absolute atomic E-state index is 0.0873. The zero-order valence-corrected chi connectivity index (χ0v) is 16.3. The van der Waals surface area contributed by atoms with Gasteiger partial charge in [0.1, 0.15) is 12.5 Å². The van der Waals surface area contributed by atoms with Gasteiger partial charge in [0.25, 0.3) is 0 Å². The summed E-state index contributed by atoms with van der Waals surface area (Å²) < 4.78 is 0. The molecule has 0 bridgehead atoms. The van der Waals surface area contributed by atoms with Crippen molar-refractivity contribution in [3.05, 3.63) is 58.7 Å². The molecule has 0 amide bonds. The monoisotopic (exact) mass is 341 g/mol. The first-order valence-corrected chi connectivity index (χ1v) is 8.84. The second-order valence-corrected chi connectivity index (χ2v) is 8.66. The van der Waals surface area contributed by atoms with E-state index in [1.807, 2.05) is 30.3 Å². The van der Waals surface area contributed by atoms with Gasteiger partial charge in [0, 0.05) is 11.3 Å². The molecule has 0 atom stereocenters. The molecule has 0 saturated heterocycles. The van der Waals surface area contributed by atoms with Crippen LogP contribution in [0.4, 0.5) is 5.69 Å². The highest BCUT2D eigenvalue weighted by molar-refractivity contribution is 5.56. The van der Waals surface area contributed by atoms with Gasteiger partial charge in [0.05, 0.1) is 0 Å². The van der Waals surface area contributed by atoms with E-state index in [0.29, 0.717) is 5.75 Å². The van der Waals surface area contributed by atoms with E-state index < -0.39 is 0 Å². The van der Waals surface area contributed by atoms with E-state index in [9.17, 15) is 10.2 Å². The molecule has 0 aromatic heterocycles. The highest BCUT2D eigenvalue weighted by Crippen LogP contribution is 2.42. The molecule has 2 aromatic carbocycles. The lowest BCUT2D eigenvalue weighted by molar-refractivity contribution is 0.325. The summed E-state index contributed by atoms with van der Waals surface area (Å²) in [5.41, 5.74) is 5.27. The molecule has 2 rings (SSSR count). The molecule has 0 saturated carbocycles. The van der Waals surface area contributed by atoms with E-state index in [0.717, 1.165) is 23.2 Å². The maximum absolute atomic E-state index is 10.6. The van der Waals surface area contributed by atoms with Crippen molar-refractivity contribution in [3.8, 4) is 5.75 Å². The molecule has 0 heterocycles. The number of anilines is 1. The third-order valence-electron chi connectivity index (χ3n) is 4.44. The quantitative estimate of drug-likeness (QED) is 0.690. The summed E-state index contributed by atoms with van der Waals surface area (Å²) in [5.74, 6) is 0.364. The Kier molecular flexibility index (Phi) is 5.48. The predicted molar refractivity (Wildman–Crippen MR) is 105 cm³/mol. The average molecular weight is 341 g/mol. The zero-order chi connectivity index (χ0) is 18.8. The number of aliphatic hydroxyl groups is 1. The maximum atomic E-state index is 10.6. The van der Waals surface area contributed by atoms with Crippen molar-refractivity contribution in [2.45, 2.75) is 58.8 Å². The summed E-state index contributed by atoms with van der Waals surface area (Å²) >= 11 is 0. The zero-order valence-electron chi connectivity index (χ0n) is 16.3. The van der Waals surface area contributed by atoms with Crippen LogP contribution < -0.4 is 5.32 Å². The van der Waals surface area contributed by atoms with Crippen LogP contribution in [0.15, 0.2) is 36.4 Å². The summed E-state index contributed by atoms with van der Waals surface area (Å²) in [4.78, 5) is 0. The molecule has 0 unspecified atom stereocenters. The molecular formula is C22H31NO2. The molecule has 0 spiro atoms. The third kappa shape index (κ3) is 4.35. The largest absolute Gasteiger partial charge is 0.508 e. The first-order chi connectivity index (χ1) is 11.6. The first-order valence-electron chi connectivity index (χ1n) is 8.84. The van der Waals surface area contributed by atoms with E-state index in [4.69, 9.17) is 0 Å². The van der Waals surface area contributed by atoms with E-state index in [1.54, 1.807) is 0 Å². The molecule has 3 heteroatoms. The Labute approximate surface area is 151 Å². The molecule has 25 heavy (non-hydrogen) atoms. The van der Waals surface area contributed by atoms with Gasteiger partial charge in [0.15, 0.2) is 0 Å². The molecule has 2 aromatic rings. The van der Waals surface area contributed by atoms with E-state index in [-0.39, 0.29) is 17.6 Å². The average Bonchev–Trinajstić information content (AvgIpc) is 2.48. The molecule has 136 valence electrons. The molecule has 0 aliphatic rings. The fraction of sp³-hybridized carbons (Fsp3) is 0.455. The van der Waals surface area contributed by atoms with Gasteiger partial charge >= 0.3 is 0 Å². The summed E-state index contributed by atoms with van der Waals surface area (Å²) in [6.07, 6.45) is 0.749. The fourth-order valence-electron chi connectivity index (χ4n) is 3.54. The van der Waals surface area contributed by atoms with Crippen LogP contribution in [-0.4, -0.2) is 16.9 Å². The molecule has 3 N–H and O–H groups in total. The second-order valence-electron chi connectivity index (χ2n) is 8.66.